The minimum Gasteiger partial charge on any atom is -0.368 e. The topological polar surface area (TPSA) is 92.5 Å². The first kappa shape index (κ1) is 12.6. The summed E-state index contributed by atoms with van der Waals surface area (Å²) >= 11 is 0. The summed E-state index contributed by atoms with van der Waals surface area (Å²) in [5.41, 5.74) is 4.89. The molecule has 0 aromatic heterocycles. The Balaban J connectivity index is 2.70. The van der Waals surface area contributed by atoms with Crippen molar-refractivity contribution in [1.29, 1.82) is 0 Å². The van der Waals surface area contributed by atoms with Gasteiger partial charge in [0.05, 0.1) is 6.04 Å². The molecule has 0 aromatic carbocycles. The van der Waals surface area contributed by atoms with Crippen molar-refractivity contribution in [2.45, 2.75) is 18.9 Å². The van der Waals surface area contributed by atoms with Gasteiger partial charge < -0.3 is 11.1 Å². The molecule has 3 N–H and O–H groups in total. The Morgan fingerprint density at radius 3 is 2.56 bits per heavy atom. The second-order valence-electron chi connectivity index (χ2n) is 3.57. The number of nitrogens with one attached hydrogen (secondary N) is 1. The first-order valence-corrected chi connectivity index (χ1v) is 4.98. The quantitative estimate of drug-likeness (QED) is 0.619. The molecule has 1 aliphatic rings. The highest BCUT2D eigenvalue weighted by molar-refractivity contribution is 6.01. The number of primary amides is 1. The van der Waals surface area contributed by atoms with E-state index in [9.17, 15) is 18.8 Å². The number of carbonyl (C=O) groups excluding carboxylic acids is 3. The number of carbonyl (C=O) groups is 3. The molecule has 6 nitrogen and oxygen atoms in total. The molecule has 0 radical (unpaired) electrons. The molecule has 1 aliphatic heterocycles. The van der Waals surface area contributed by atoms with E-state index in [-0.39, 0.29) is 0 Å². The molecule has 0 aliphatic carbocycles. The fraction of sp³-hybridized carbons (Fsp3) is 0.667. The molecule has 16 heavy (non-hydrogen) atoms. The molecular formula is C9H14FN3O3. The summed E-state index contributed by atoms with van der Waals surface area (Å²) in [6.45, 7) is -1.21. The van der Waals surface area contributed by atoms with E-state index >= 15 is 0 Å². The highest BCUT2D eigenvalue weighted by Crippen LogP contribution is 2.09. The van der Waals surface area contributed by atoms with E-state index in [0.717, 1.165) is 6.42 Å². The van der Waals surface area contributed by atoms with Gasteiger partial charge in [-0.25, -0.2) is 4.39 Å². The number of nitrogens with zero attached hydrogens (tertiary/aromatic N) is 1. The number of hydrogen-bond acceptors (Lipinski definition) is 4. The van der Waals surface area contributed by atoms with Crippen LogP contribution < -0.4 is 11.1 Å². The zero-order valence-electron chi connectivity index (χ0n) is 8.74. The van der Waals surface area contributed by atoms with Gasteiger partial charge in [0.2, 0.25) is 11.8 Å². The van der Waals surface area contributed by atoms with E-state index in [2.05, 4.69) is 5.32 Å². The van der Waals surface area contributed by atoms with E-state index in [1.165, 1.54) is 0 Å². The summed E-state index contributed by atoms with van der Waals surface area (Å²) in [5.74, 6) is -2.45. The monoisotopic (exact) mass is 231 g/mol. The number of nitrogens with two attached hydrogens (primary N) is 1. The van der Waals surface area contributed by atoms with Crippen molar-refractivity contribution in [3.8, 4) is 0 Å². The molecule has 7 heteroatoms. The second kappa shape index (κ2) is 5.55. The molecule has 1 rings (SSSR count). The smallest absolute Gasteiger partial charge is 0.261 e. The van der Waals surface area contributed by atoms with Gasteiger partial charge in [0.15, 0.2) is 6.67 Å². The molecule has 0 spiro atoms. The second-order valence-corrected chi connectivity index (χ2v) is 3.57. The van der Waals surface area contributed by atoms with Gasteiger partial charge in [0.1, 0.15) is 6.54 Å². The lowest BCUT2D eigenvalue weighted by atomic mass is 10.2. The summed E-state index contributed by atoms with van der Waals surface area (Å²) in [6.07, 6.45) is 1.39. The highest BCUT2D eigenvalue weighted by atomic mass is 19.1. The molecule has 0 bridgehead atoms. The molecular weight excluding hydrogens is 217 g/mol. The minimum absolute atomic E-state index is 0.519. The Hall–Kier alpha value is -1.50. The van der Waals surface area contributed by atoms with E-state index in [4.69, 9.17) is 5.73 Å². The maximum atomic E-state index is 12.2. The summed E-state index contributed by atoms with van der Waals surface area (Å²) in [5, 5.41) is 2.87. The van der Waals surface area contributed by atoms with Gasteiger partial charge in [-0.3, -0.25) is 19.3 Å². The average Bonchev–Trinajstić information content (AvgIpc) is 2.77. The third kappa shape index (κ3) is 2.99. The van der Waals surface area contributed by atoms with Gasteiger partial charge in [0, 0.05) is 0 Å². The SMILES string of the molecule is NC(=O)CN(C(=O)CF)C(=O)[C@@H]1CCCN1. The number of imide groups is 1. The maximum Gasteiger partial charge on any atom is 0.261 e. The molecule has 0 saturated carbocycles. The van der Waals surface area contributed by atoms with E-state index in [0.29, 0.717) is 17.9 Å². The van der Waals surface area contributed by atoms with Crippen molar-refractivity contribution >= 4 is 17.7 Å². The molecule has 1 heterocycles. The number of halogens is 1. The van der Waals surface area contributed by atoms with Crippen molar-refractivity contribution in [3.63, 3.8) is 0 Å². The largest absolute Gasteiger partial charge is 0.368 e. The standard InChI is InChI=1S/C9H14FN3O3/c10-4-8(15)13(5-7(11)14)9(16)6-2-1-3-12-6/h6,12H,1-5H2,(H2,11,14)/t6-/m0/s1. The number of hydrogen-bond donors (Lipinski definition) is 2. The third-order valence-corrected chi connectivity index (χ3v) is 2.35. The number of amides is 3. The zero-order valence-corrected chi connectivity index (χ0v) is 8.74. The number of rotatable bonds is 4. The van der Waals surface area contributed by atoms with Crippen LogP contribution in [0, 0.1) is 0 Å². The highest BCUT2D eigenvalue weighted by Gasteiger charge is 2.31. The molecule has 1 atom stereocenters. The van der Waals surface area contributed by atoms with Gasteiger partial charge in [0.25, 0.3) is 5.91 Å². The fourth-order valence-corrected chi connectivity index (χ4v) is 1.60. The van der Waals surface area contributed by atoms with E-state index in [1.807, 2.05) is 0 Å². The van der Waals surface area contributed by atoms with Gasteiger partial charge in [-0.1, -0.05) is 0 Å². The zero-order chi connectivity index (χ0) is 12.1. The third-order valence-electron chi connectivity index (χ3n) is 2.35. The van der Waals surface area contributed by atoms with Crippen LogP contribution in [0.5, 0.6) is 0 Å². The van der Waals surface area contributed by atoms with Crippen molar-refractivity contribution < 1.29 is 18.8 Å². The summed E-state index contributed by atoms with van der Waals surface area (Å²) < 4.78 is 12.2. The van der Waals surface area contributed by atoms with Crippen LogP contribution in [0.15, 0.2) is 0 Å². The Labute approximate surface area is 92.0 Å². The van der Waals surface area contributed by atoms with Crippen molar-refractivity contribution in [2.24, 2.45) is 5.73 Å². The molecule has 3 amide bonds. The predicted molar refractivity (Wildman–Crippen MR) is 52.9 cm³/mol. The van der Waals surface area contributed by atoms with Crippen LogP contribution in [-0.4, -0.2) is 48.4 Å². The predicted octanol–water partition coefficient (Wildman–Crippen LogP) is -1.45. The van der Waals surface area contributed by atoms with E-state index < -0.39 is 37.0 Å². The van der Waals surface area contributed by atoms with Crippen LogP contribution in [0.4, 0.5) is 4.39 Å². The fourth-order valence-electron chi connectivity index (χ4n) is 1.60. The molecule has 0 unspecified atom stereocenters. The molecule has 90 valence electrons. The lowest BCUT2D eigenvalue weighted by Gasteiger charge is -2.21. The van der Waals surface area contributed by atoms with Crippen LogP contribution in [0.2, 0.25) is 0 Å². The Bertz CT molecular complexity index is 302. The molecule has 1 saturated heterocycles. The molecule has 0 aromatic rings. The van der Waals surface area contributed by atoms with Crippen molar-refractivity contribution in [1.82, 2.24) is 10.2 Å². The Kier molecular flexibility index (Phi) is 4.36. The van der Waals surface area contributed by atoms with Crippen molar-refractivity contribution in [3.05, 3.63) is 0 Å². The van der Waals surface area contributed by atoms with Gasteiger partial charge in [-0.05, 0) is 19.4 Å². The Morgan fingerprint density at radius 1 is 1.44 bits per heavy atom. The minimum atomic E-state index is -1.31. The first-order valence-electron chi connectivity index (χ1n) is 4.98. The maximum absolute atomic E-state index is 12.2. The van der Waals surface area contributed by atoms with Crippen molar-refractivity contribution in [2.75, 3.05) is 19.8 Å². The van der Waals surface area contributed by atoms with Crippen LogP contribution in [0.1, 0.15) is 12.8 Å². The van der Waals surface area contributed by atoms with Crippen LogP contribution in [-0.2, 0) is 14.4 Å². The van der Waals surface area contributed by atoms with Crippen LogP contribution in [0.25, 0.3) is 0 Å². The number of alkyl halides is 1. The van der Waals surface area contributed by atoms with Gasteiger partial charge >= 0.3 is 0 Å². The summed E-state index contributed by atoms with van der Waals surface area (Å²) in [4.78, 5) is 34.1. The Morgan fingerprint density at radius 2 is 2.12 bits per heavy atom. The summed E-state index contributed by atoms with van der Waals surface area (Å²) in [6, 6.07) is -0.519. The summed E-state index contributed by atoms with van der Waals surface area (Å²) in [7, 11) is 0. The van der Waals surface area contributed by atoms with Crippen LogP contribution in [0.3, 0.4) is 0 Å². The lowest BCUT2D eigenvalue weighted by Crippen LogP contribution is -2.50. The average molecular weight is 231 g/mol. The molecule has 1 fully saturated rings. The van der Waals surface area contributed by atoms with Crippen LogP contribution >= 0.6 is 0 Å². The van der Waals surface area contributed by atoms with Gasteiger partial charge in [-0.15, -0.1) is 0 Å². The first-order chi connectivity index (χ1) is 7.56. The lowest BCUT2D eigenvalue weighted by molar-refractivity contribution is -0.149. The van der Waals surface area contributed by atoms with Gasteiger partial charge in [-0.2, -0.15) is 0 Å². The van der Waals surface area contributed by atoms with E-state index in [1.54, 1.807) is 0 Å². The normalized spacial score (nSPS) is 19.4.